The van der Waals surface area contributed by atoms with E-state index >= 15 is 0 Å². The van der Waals surface area contributed by atoms with Crippen molar-refractivity contribution < 1.29 is 166 Å². The van der Waals surface area contributed by atoms with E-state index in [1.165, 1.54) is 201 Å². The Kier molecular flexibility index (Phi) is 50.9. The summed E-state index contributed by atoms with van der Waals surface area (Å²) >= 11 is 0. The summed E-state index contributed by atoms with van der Waals surface area (Å²) in [5.74, 6) is 11.4. The zero-order valence-corrected chi connectivity index (χ0v) is 112. The van der Waals surface area contributed by atoms with Crippen LogP contribution >= 0.6 is 0 Å². The molecule has 10 heterocycles. The fraction of sp³-hybridized carbons (Fsp3) is 0.959. The van der Waals surface area contributed by atoms with Crippen molar-refractivity contribution in [3.05, 3.63) is 35.3 Å². The summed E-state index contributed by atoms with van der Waals surface area (Å²) in [6.45, 7) is 128. The number of hydrogen-bond acceptors (Lipinski definition) is 1. The molecular formula is C121H241N8OV7+7. The molecule has 799 valence electrons. The van der Waals surface area contributed by atoms with E-state index in [0.29, 0.717) is 76.6 Å². The number of likely N-dealkylation sites (tertiary alicyclic amines) is 4. The summed E-state index contributed by atoms with van der Waals surface area (Å²) < 4.78 is 9.98. The Morgan fingerprint density at radius 1 is 0.314 bits per heavy atom. The molecule has 16 heteroatoms. The summed E-state index contributed by atoms with van der Waals surface area (Å²) in [6, 6.07) is 7.14. The number of hydrogen-bond donors (Lipinski definition) is 0. The molecule has 5 aliphatic carbocycles. The van der Waals surface area contributed by atoms with Gasteiger partial charge in [-0.2, -0.15) is 0 Å². The quantitative estimate of drug-likeness (QED) is 0.156. The van der Waals surface area contributed by atoms with Gasteiger partial charge >= 0.3 is 0 Å². The van der Waals surface area contributed by atoms with Crippen LogP contribution in [0.15, 0.2) is 24.5 Å². The average molecular weight is 2180 g/mol. The first-order valence-corrected chi connectivity index (χ1v) is 55.2. The Bertz CT molecular complexity index is 3500. The van der Waals surface area contributed by atoms with E-state index in [2.05, 4.69) is 404 Å². The number of nitrogens with zero attached hydrogens (tertiary/aromatic N) is 8. The van der Waals surface area contributed by atoms with E-state index in [0.717, 1.165) is 115 Å². The minimum Gasteiger partial charge on any atom is -0.632 e. The van der Waals surface area contributed by atoms with Gasteiger partial charge in [-0.05, 0) is 286 Å². The Morgan fingerprint density at radius 3 is 0.898 bits per heavy atom. The van der Waals surface area contributed by atoms with Gasteiger partial charge < -0.3 is 36.8 Å². The minimum absolute atomic E-state index is 0. The van der Waals surface area contributed by atoms with Gasteiger partial charge in [-0.15, -0.1) is 0 Å². The summed E-state index contributed by atoms with van der Waals surface area (Å²) in [4.78, 5) is 0. The zero-order valence-electron chi connectivity index (χ0n) is 102. The fourth-order valence-corrected chi connectivity index (χ4v) is 28.6. The molecule has 0 N–H and O–H groups in total. The first-order chi connectivity index (χ1) is 57.5. The van der Waals surface area contributed by atoms with E-state index in [1.54, 1.807) is 0 Å². The van der Waals surface area contributed by atoms with Crippen LogP contribution < -0.4 is 4.57 Å². The molecule has 137 heavy (non-hydrogen) atoms. The van der Waals surface area contributed by atoms with Crippen LogP contribution in [0.4, 0.5) is 0 Å². The molecule has 0 amide bonds. The second-order valence-corrected chi connectivity index (χ2v) is 65.4. The largest absolute Gasteiger partial charge is 0.632 e. The van der Waals surface area contributed by atoms with E-state index in [9.17, 15) is 5.21 Å². The van der Waals surface area contributed by atoms with Gasteiger partial charge in [-0.25, -0.2) is 4.57 Å². The van der Waals surface area contributed by atoms with Gasteiger partial charge in [0.05, 0.1) is 171 Å². The molecule has 1 aromatic heterocycles. The molecule has 0 spiro atoms. The van der Waals surface area contributed by atoms with Crippen LogP contribution in [0, 0.1) is 120 Å². The second-order valence-electron chi connectivity index (χ2n) is 65.4. The van der Waals surface area contributed by atoms with Crippen molar-refractivity contribution >= 4 is 0 Å². The normalized spacial score (nSPS) is 34.5. The van der Waals surface area contributed by atoms with Gasteiger partial charge in [-0.1, -0.05) is 166 Å². The summed E-state index contributed by atoms with van der Waals surface area (Å²) in [7, 11) is 14.9. The molecule has 8 bridgehead atoms. The molecule has 5 saturated carbocycles. The van der Waals surface area contributed by atoms with Crippen molar-refractivity contribution in [3.63, 3.8) is 0 Å². The van der Waals surface area contributed by atoms with E-state index < -0.39 is 0 Å². The Balaban J connectivity index is 0. The predicted octanol–water partition coefficient (Wildman–Crippen LogP) is 30.9. The Morgan fingerprint density at radius 2 is 0.635 bits per heavy atom. The van der Waals surface area contributed by atoms with Gasteiger partial charge in [0.25, 0.3) is 0 Å². The van der Waals surface area contributed by atoms with Gasteiger partial charge in [0.1, 0.15) is 0 Å². The Labute approximate surface area is 943 Å². The monoisotopic (exact) mass is 2180 g/mol. The maximum absolute atomic E-state index is 12.6. The van der Waals surface area contributed by atoms with Crippen LogP contribution in [-0.2, 0) is 141 Å². The van der Waals surface area contributed by atoms with E-state index in [4.69, 9.17) is 0 Å². The smallest absolute Gasteiger partial charge is 0.169 e. The van der Waals surface area contributed by atoms with Gasteiger partial charge in [0.2, 0.25) is 0 Å². The van der Waals surface area contributed by atoms with Crippen molar-refractivity contribution in [1.29, 1.82) is 0 Å². The van der Waals surface area contributed by atoms with Crippen molar-refractivity contribution in [3.8, 4) is 0 Å². The molecule has 7 radical (unpaired) electrons. The number of piperidine rings is 7. The summed E-state index contributed by atoms with van der Waals surface area (Å²) in [5.41, 5.74) is 8.18. The topological polar surface area (TPSA) is 26.9 Å². The van der Waals surface area contributed by atoms with Crippen LogP contribution in [0.3, 0.4) is 0 Å². The molecule has 10 unspecified atom stereocenters. The number of quaternary nitrogens is 7. The van der Waals surface area contributed by atoms with Crippen LogP contribution in [0.5, 0.6) is 0 Å². The number of aromatic nitrogens is 1. The number of fused-ring (bicyclic) bond motifs is 11. The maximum Gasteiger partial charge on any atom is 0.169 e. The third kappa shape index (κ3) is 34.5. The average Bonchev–Trinajstić information content (AvgIpc) is 1.71. The number of hydroxylamine groups is 3. The number of rotatable bonds is 1. The molecule has 9 aliphatic heterocycles. The van der Waals surface area contributed by atoms with Gasteiger partial charge in [-0.3, -0.25) is 0 Å². The standard InChI is InChI=1S/C18H36N.3C16H32N.C15H30N.C14H30N.C13H27NO.C13H22N.7V/c1-17(2,3)15-11-14-10-9-13(15)12-16(14)19(7,8)18(4,5)6;1-15(2,3)14-8-12-10-17(7,16(4,5)6)11-13(12)9-14;1-15(2,3)12-10-13-8-9-14(11-12)17(13,7)16(4,5)6;1-15(2,3)14-12-8-9-13(14)11-17(7,10-12)16(4,5)6;1-13(2,3)15-7-10-16(11-8-15,12-9-15)14(4,5)6;1-13(2,3)12-8-10-15(7,11-9-12)14(4,5)6;1-12(2,3)11-7-9-14(15,10-8-11)13(4,5)6;1-12(2,3)11-7-9-14(10-8-11)13(4,5)6;;;;;;;/h13-16H,9-12H2,1-8H3;3*12-14H,8-11H2,1-7H3;7-12H2,1-6H3;12H,8-11H2,1-7H3;11H,7-10H2,1-6H3;7-10H,1-6H3;;;;;;;/q6*+1;;+1;;;;;;;. The van der Waals surface area contributed by atoms with Crippen molar-refractivity contribution in [2.75, 3.05) is 114 Å². The van der Waals surface area contributed by atoms with E-state index in [-0.39, 0.29) is 151 Å². The van der Waals surface area contributed by atoms with Crippen LogP contribution in [0.2, 0.25) is 0 Å². The molecule has 14 fully saturated rings. The van der Waals surface area contributed by atoms with Crippen LogP contribution in [0.1, 0.15) is 460 Å². The Hall–Kier alpha value is 2.92. The SMILES string of the molecule is CC(C)(C)C12CC[N+](C(C)(C)C)(CC1)CC2.CC(C)(C)C1C2CCC1C[N+](C)(C(C)(C)C)C2.CC(C)(C)C1CC2CCC(C1)[N+]2(C)C(C)(C)C.CC(C)(C)C1CC2CCC1CC2[N+](C)(C)C(C)(C)C.CC(C)(C)C1CC2C[N+](C)(C(C)(C)C)CC2C1.CC(C)(C)C1CC[N+](C)(C(C)(C)C)CC1.CC(C)(C)C1CC[N+]([O-])(C(C)(C)C)CC1.CC(C)(C)c1cc[n+](C(C)(C)C)cc1.[V].[V].[V].[V].[V].[V].[V]. The first kappa shape index (κ1) is 142. The maximum atomic E-state index is 12.6. The van der Waals surface area contributed by atoms with Crippen LogP contribution in [0.25, 0.3) is 0 Å². The predicted molar refractivity (Wildman–Crippen MR) is 572 cm³/mol. The van der Waals surface area contributed by atoms with Gasteiger partial charge in [0, 0.05) is 269 Å². The summed E-state index contributed by atoms with van der Waals surface area (Å²) in [6.07, 6.45) is 31.4. The van der Waals surface area contributed by atoms with Crippen molar-refractivity contribution in [2.45, 2.75) is 522 Å². The fourth-order valence-electron chi connectivity index (χ4n) is 28.6. The first-order valence-electron chi connectivity index (χ1n) is 55.2. The summed E-state index contributed by atoms with van der Waals surface area (Å²) in [5, 5.41) is 12.6. The molecule has 0 aromatic carbocycles. The molecule has 14 aliphatic rings. The molecule has 9 saturated heterocycles. The van der Waals surface area contributed by atoms with Crippen molar-refractivity contribution in [1.82, 2.24) is 0 Å². The third-order valence-corrected chi connectivity index (χ3v) is 42.2. The zero-order chi connectivity index (χ0) is 101. The van der Waals surface area contributed by atoms with Crippen molar-refractivity contribution in [2.24, 2.45) is 114 Å². The third-order valence-electron chi connectivity index (χ3n) is 42.2. The molecule has 9 nitrogen and oxygen atoms in total. The minimum atomic E-state index is -0.150. The molecular weight excluding hydrogens is 1940 g/mol. The molecule has 15 rings (SSSR count). The van der Waals surface area contributed by atoms with Gasteiger partial charge in [0.15, 0.2) is 17.9 Å². The second kappa shape index (κ2) is 49.1. The van der Waals surface area contributed by atoms with Crippen LogP contribution in [-0.4, -0.2) is 203 Å². The molecule has 10 atom stereocenters. The number of pyridine rings is 1. The molecule has 1 aromatic rings. The van der Waals surface area contributed by atoms with E-state index in [1.807, 2.05) is 0 Å².